The lowest BCUT2D eigenvalue weighted by atomic mass is 10.4. The Bertz CT molecular complexity index is 632. The lowest BCUT2D eigenvalue weighted by Gasteiger charge is -2.10. The molecule has 2 heterocycles. The fraction of sp³-hybridized carbons (Fsp3) is 0.364. The van der Waals surface area contributed by atoms with E-state index in [0.29, 0.717) is 16.7 Å². The molecule has 0 aliphatic heterocycles. The molecule has 7 heteroatoms. The zero-order valence-corrected chi connectivity index (χ0v) is 11.1. The minimum Gasteiger partial charge on any atom is -0.468 e. The number of aromatic nitrogens is 4. The van der Waals surface area contributed by atoms with E-state index < -0.39 is 0 Å². The van der Waals surface area contributed by atoms with Gasteiger partial charge in [0.05, 0.1) is 19.9 Å². The average molecular weight is 269 g/mol. The Kier molecular flexibility index (Phi) is 3.38. The van der Waals surface area contributed by atoms with E-state index in [1.807, 2.05) is 0 Å². The van der Waals surface area contributed by atoms with Gasteiger partial charge in [0.1, 0.15) is 11.0 Å². The lowest BCUT2D eigenvalue weighted by Crippen LogP contribution is -2.24. The van der Waals surface area contributed by atoms with Crippen molar-refractivity contribution < 1.29 is 4.74 Å². The van der Waals surface area contributed by atoms with Crippen molar-refractivity contribution in [3.8, 4) is 6.01 Å². The van der Waals surface area contributed by atoms with Gasteiger partial charge in [-0.1, -0.05) is 11.6 Å². The SMILES string of the molecule is COc1nc(C)cc(=O)n1Cc1ncc(Cl)n1C. The Morgan fingerprint density at radius 2 is 2.22 bits per heavy atom. The second-order valence-corrected chi connectivity index (χ2v) is 4.25. The summed E-state index contributed by atoms with van der Waals surface area (Å²) in [6, 6.07) is 1.71. The number of aryl methyl sites for hydroxylation is 1. The van der Waals surface area contributed by atoms with Crippen molar-refractivity contribution in [3.05, 3.63) is 39.3 Å². The predicted molar refractivity (Wildman–Crippen MR) is 67.1 cm³/mol. The predicted octanol–water partition coefficient (Wildman–Crippen LogP) is 0.996. The summed E-state index contributed by atoms with van der Waals surface area (Å²) < 4.78 is 8.22. The molecule has 0 spiro atoms. The van der Waals surface area contributed by atoms with Crippen molar-refractivity contribution in [2.24, 2.45) is 7.05 Å². The van der Waals surface area contributed by atoms with Crippen LogP contribution in [0.2, 0.25) is 5.15 Å². The molecule has 2 aromatic rings. The highest BCUT2D eigenvalue weighted by Gasteiger charge is 2.11. The first kappa shape index (κ1) is 12.6. The lowest BCUT2D eigenvalue weighted by molar-refractivity contribution is 0.348. The summed E-state index contributed by atoms with van der Waals surface area (Å²) in [5.41, 5.74) is 0.435. The second kappa shape index (κ2) is 4.81. The van der Waals surface area contributed by atoms with Crippen LogP contribution in [0, 0.1) is 6.92 Å². The van der Waals surface area contributed by atoms with Crippen LogP contribution in [-0.2, 0) is 13.6 Å². The minimum atomic E-state index is -0.182. The normalized spacial score (nSPS) is 10.7. The van der Waals surface area contributed by atoms with Gasteiger partial charge in [0.25, 0.3) is 11.6 Å². The van der Waals surface area contributed by atoms with Gasteiger partial charge in [0.2, 0.25) is 0 Å². The molecule has 0 aliphatic rings. The molecular formula is C11H13ClN4O2. The van der Waals surface area contributed by atoms with E-state index in [0.717, 1.165) is 0 Å². The molecule has 0 saturated carbocycles. The van der Waals surface area contributed by atoms with Crippen molar-refractivity contribution in [1.82, 2.24) is 19.1 Å². The maximum absolute atomic E-state index is 11.9. The zero-order chi connectivity index (χ0) is 13.3. The minimum absolute atomic E-state index is 0.182. The highest BCUT2D eigenvalue weighted by molar-refractivity contribution is 6.29. The average Bonchev–Trinajstić information content (AvgIpc) is 2.63. The summed E-state index contributed by atoms with van der Waals surface area (Å²) in [6.45, 7) is 2.00. The number of methoxy groups -OCH3 is 1. The number of ether oxygens (including phenoxy) is 1. The van der Waals surface area contributed by atoms with E-state index in [9.17, 15) is 4.79 Å². The van der Waals surface area contributed by atoms with Crippen molar-refractivity contribution in [2.75, 3.05) is 7.11 Å². The molecule has 96 valence electrons. The summed E-state index contributed by atoms with van der Waals surface area (Å²) in [7, 11) is 3.26. The molecule has 0 aliphatic carbocycles. The molecular weight excluding hydrogens is 256 g/mol. The van der Waals surface area contributed by atoms with Crippen LogP contribution in [0.1, 0.15) is 11.5 Å². The van der Waals surface area contributed by atoms with Gasteiger partial charge in [0, 0.05) is 18.8 Å². The Balaban J connectivity index is 2.46. The topological polar surface area (TPSA) is 61.9 Å². The molecule has 2 aromatic heterocycles. The van der Waals surface area contributed by atoms with Crippen LogP contribution < -0.4 is 10.3 Å². The summed E-state index contributed by atoms with van der Waals surface area (Å²) in [5.74, 6) is 0.658. The van der Waals surface area contributed by atoms with Crippen LogP contribution in [0.4, 0.5) is 0 Å². The van der Waals surface area contributed by atoms with Crippen LogP contribution in [0.15, 0.2) is 17.1 Å². The number of imidazole rings is 1. The van der Waals surface area contributed by atoms with Gasteiger partial charge in [-0.2, -0.15) is 0 Å². The third kappa shape index (κ3) is 2.24. The molecule has 18 heavy (non-hydrogen) atoms. The Hall–Kier alpha value is -1.82. The molecule has 0 saturated heterocycles. The zero-order valence-electron chi connectivity index (χ0n) is 10.3. The third-order valence-corrected chi connectivity index (χ3v) is 2.96. The van der Waals surface area contributed by atoms with Gasteiger partial charge >= 0.3 is 0 Å². The fourth-order valence-corrected chi connectivity index (χ4v) is 1.75. The smallest absolute Gasteiger partial charge is 0.299 e. The van der Waals surface area contributed by atoms with Crippen LogP contribution in [0.25, 0.3) is 0 Å². The first-order valence-corrected chi connectivity index (χ1v) is 5.69. The van der Waals surface area contributed by atoms with Crippen molar-refractivity contribution in [3.63, 3.8) is 0 Å². The Morgan fingerprint density at radius 3 is 2.78 bits per heavy atom. The maximum Gasteiger partial charge on any atom is 0.299 e. The Morgan fingerprint density at radius 1 is 1.50 bits per heavy atom. The van der Waals surface area contributed by atoms with Crippen LogP contribution in [0.5, 0.6) is 6.01 Å². The number of hydrogen-bond acceptors (Lipinski definition) is 4. The summed E-state index contributed by atoms with van der Waals surface area (Å²) in [4.78, 5) is 20.2. The number of hydrogen-bond donors (Lipinski definition) is 0. The van der Waals surface area contributed by atoms with Crippen molar-refractivity contribution >= 4 is 11.6 Å². The first-order chi connectivity index (χ1) is 8.52. The van der Waals surface area contributed by atoms with E-state index >= 15 is 0 Å². The molecule has 0 bridgehead atoms. The highest BCUT2D eigenvalue weighted by atomic mass is 35.5. The molecule has 0 radical (unpaired) electrons. The van der Waals surface area contributed by atoms with Gasteiger partial charge in [0.15, 0.2) is 0 Å². The molecule has 0 N–H and O–H groups in total. The van der Waals surface area contributed by atoms with Crippen LogP contribution >= 0.6 is 11.6 Å². The largest absolute Gasteiger partial charge is 0.468 e. The monoisotopic (exact) mass is 268 g/mol. The second-order valence-electron chi connectivity index (χ2n) is 3.86. The maximum atomic E-state index is 11.9. The van der Waals surface area contributed by atoms with E-state index in [1.54, 1.807) is 18.5 Å². The summed E-state index contributed by atoms with van der Waals surface area (Å²) in [5, 5.41) is 0.511. The molecule has 2 rings (SSSR count). The summed E-state index contributed by atoms with van der Waals surface area (Å²) >= 11 is 5.90. The van der Waals surface area contributed by atoms with Crippen molar-refractivity contribution in [2.45, 2.75) is 13.5 Å². The number of halogens is 1. The van der Waals surface area contributed by atoms with Gasteiger partial charge in [-0.05, 0) is 6.92 Å². The molecule has 0 amide bonds. The van der Waals surface area contributed by atoms with E-state index in [1.165, 1.54) is 23.9 Å². The summed E-state index contributed by atoms with van der Waals surface area (Å²) in [6.07, 6.45) is 1.54. The van der Waals surface area contributed by atoms with Gasteiger partial charge in [-0.3, -0.25) is 9.36 Å². The standard InChI is InChI=1S/C11H13ClN4O2/c1-7-4-10(17)16(11(14-7)18-3)6-9-13-5-8(12)15(9)2/h4-5H,6H2,1-3H3. The molecule has 0 fully saturated rings. The van der Waals surface area contributed by atoms with Gasteiger partial charge < -0.3 is 9.30 Å². The van der Waals surface area contributed by atoms with Gasteiger partial charge in [-0.15, -0.1) is 0 Å². The van der Waals surface area contributed by atoms with Crippen LogP contribution in [-0.4, -0.2) is 26.2 Å². The number of nitrogens with zero attached hydrogens (tertiary/aromatic N) is 4. The van der Waals surface area contributed by atoms with E-state index in [-0.39, 0.29) is 18.1 Å². The first-order valence-electron chi connectivity index (χ1n) is 5.31. The van der Waals surface area contributed by atoms with Crippen LogP contribution in [0.3, 0.4) is 0 Å². The third-order valence-electron chi connectivity index (χ3n) is 2.61. The quantitative estimate of drug-likeness (QED) is 0.833. The molecule has 0 unspecified atom stereocenters. The highest BCUT2D eigenvalue weighted by Crippen LogP contribution is 2.12. The molecule has 0 aromatic carbocycles. The molecule has 6 nitrogen and oxygen atoms in total. The van der Waals surface area contributed by atoms with Gasteiger partial charge in [-0.25, -0.2) is 9.97 Å². The molecule has 0 atom stereocenters. The number of rotatable bonds is 3. The fourth-order valence-electron chi connectivity index (χ4n) is 1.61. The van der Waals surface area contributed by atoms with E-state index in [2.05, 4.69) is 9.97 Å². The van der Waals surface area contributed by atoms with E-state index in [4.69, 9.17) is 16.3 Å². The van der Waals surface area contributed by atoms with Crippen molar-refractivity contribution in [1.29, 1.82) is 0 Å². The Labute approximate surface area is 109 Å².